The van der Waals surface area contributed by atoms with Crippen LogP contribution in [0.5, 0.6) is 11.5 Å². The van der Waals surface area contributed by atoms with Gasteiger partial charge in [-0.1, -0.05) is 0 Å². The Morgan fingerprint density at radius 1 is 1.05 bits per heavy atom. The quantitative estimate of drug-likeness (QED) is 0.114. The minimum atomic E-state index is -4.61. The predicted molar refractivity (Wildman–Crippen MR) is 209 cm³/mol. The molecular formula is C39H48N8O8S. The fourth-order valence-electron chi connectivity index (χ4n) is 8.71. The molecule has 2 saturated carbocycles. The van der Waals surface area contributed by atoms with Crippen LogP contribution in [0.2, 0.25) is 0 Å². The molecule has 2 saturated heterocycles. The van der Waals surface area contributed by atoms with Gasteiger partial charge in [-0.2, -0.15) is 0 Å². The normalized spacial score (nSPS) is 23.1. The van der Waals surface area contributed by atoms with Gasteiger partial charge in [0.1, 0.15) is 22.0 Å². The maximum atomic E-state index is 13.8. The molecule has 0 atom stereocenters. The number of morpholine rings is 1. The van der Waals surface area contributed by atoms with E-state index in [-0.39, 0.29) is 23.0 Å². The van der Waals surface area contributed by atoms with Gasteiger partial charge in [0.25, 0.3) is 15.9 Å². The molecule has 298 valence electrons. The number of pyridine rings is 2. The summed E-state index contributed by atoms with van der Waals surface area (Å²) in [5, 5.41) is 26.1. The van der Waals surface area contributed by atoms with Gasteiger partial charge >= 0.3 is 5.69 Å². The summed E-state index contributed by atoms with van der Waals surface area (Å²) in [7, 11) is -4.61. The number of piperidine rings is 1. The van der Waals surface area contributed by atoms with E-state index in [0.717, 1.165) is 88.4 Å². The smallest absolute Gasteiger partial charge is 0.312 e. The molecule has 16 nitrogen and oxygen atoms in total. The summed E-state index contributed by atoms with van der Waals surface area (Å²) in [6, 6.07) is 10.2. The molecule has 0 unspecified atom stereocenters. The maximum absolute atomic E-state index is 13.8. The molecule has 5 heterocycles. The monoisotopic (exact) mass is 788 g/mol. The molecule has 8 rings (SSSR count). The Morgan fingerprint density at radius 2 is 1.80 bits per heavy atom. The van der Waals surface area contributed by atoms with Gasteiger partial charge in [0, 0.05) is 68.2 Å². The SMILES string of the molecule is CC1(O)CCC(CNc2ncc(S(=O)(=O)NC(=O)c3ccc(N4CCC5(CC4)CC(N4CCOCC4)C5)cc3Oc3cnc4[nH]ccc4c3)cc2[N+](=O)[O-])CC1. The van der Waals surface area contributed by atoms with Gasteiger partial charge in [-0.3, -0.25) is 19.8 Å². The molecule has 4 aliphatic rings. The van der Waals surface area contributed by atoms with E-state index in [9.17, 15) is 28.4 Å². The Bertz CT molecular complexity index is 2200. The average molecular weight is 789 g/mol. The fourth-order valence-corrected chi connectivity index (χ4v) is 9.64. The molecule has 4 N–H and O–H groups in total. The second kappa shape index (κ2) is 15.2. The van der Waals surface area contributed by atoms with Gasteiger partial charge in [0.05, 0.1) is 41.7 Å². The molecule has 56 heavy (non-hydrogen) atoms. The molecule has 3 aromatic heterocycles. The number of anilines is 2. The second-order valence-corrected chi connectivity index (χ2v) is 17.8. The maximum Gasteiger partial charge on any atom is 0.312 e. The summed E-state index contributed by atoms with van der Waals surface area (Å²) in [5.41, 5.74) is 0.545. The van der Waals surface area contributed by atoms with Gasteiger partial charge in [-0.05, 0) is 93.9 Å². The van der Waals surface area contributed by atoms with Crippen molar-refractivity contribution in [2.24, 2.45) is 11.3 Å². The Morgan fingerprint density at radius 3 is 2.54 bits per heavy atom. The minimum absolute atomic E-state index is 0.0421. The van der Waals surface area contributed by atoms with Crippen molar-refractivity contribution in [3.63, 3.8) is 0 Å². The molecule has 0 radical (unpaired) electrons. The van der Waals surface area contributed by atoms with Gasteiger partial charge in [0.15, 0.2) is 0 Å². The van der Waals surface area contributed by atoms with Crippen LogP contribution in [0.25, 0.3) is 11.0 Å². The standard InChI is InChI=1S/C39H48N8O8S/c1-38(49)7-4-26(5-8-38)23-41-36-33(47(50)51)20-31(25-43-36)56(52,53)44-37(48)32-3-2-28(19-34(32)55-30-18-27-6-11-40-35(27)42-24-30)45-12-9-39(10-13-45)21-29(22-39)46-14-16-54-17-15-46/h2-3,6,11,18-20,24-26,29,49H,4-5,7-10,12-17,21-23H2,1H3,(H,40,42)(H,41,43)(H,44,48). The zero-order chi connectivity index (χ0) is 39.1. The lowest BCUT2D eigenvalue weighted by Gasteiger charge is -2.56. The number of amides is 1. The Labute approximate surface area is 325 Å². The second-order valence-electron chi connectivity index (χ2n) is 16.1. The van der Waals surface area contributed by atoms with E-state index in [0.29, 0.717) is 42.2 Å². The van der Waals surface area contributed by atoms with Crippen molar-refractivity contribution in [1.82, 2.24) is 24.6 Å². The highest BCUT2D eigenvalue weighted by Gasteiger charge is 2.48. The summed E-state index contributed by atoms with van der Waals surface area (Å²) in [4.78, 5) is 40.9. The van der Waals surface area contributed by atoms with Crippen LogP contribution in [0.1, 0.15) is 68.6 Å². The number of fused-ring (bicyclic) bond motifs is 1. The van der Waals surface area contributed by atoms with Crippen molar-refractivity contribution in [1.29, 1.82) is 0 Å². The topological polar surface area (TPSA) is 205 Å². The highest BCUT2D eigenvalue weighted by Crippen LogP contribution is 2.51. The van der Waals surface area contributed by atoms with Crippen LogP contribution in [0.4, 0.5) is 17.2 Å². The van der Waals surface area contributed by atoms with Crippen LogP contribution < -0.4 is 19.7 Å². The molecule has 1 spiro atoms. The Hall–Kier alpha value is -4.84. The number of aromatic amines is 1. The lowest BCUT2D eigenvalue weighted by atomic mass is 9.60. The van der Waals surface area contributed by atoms with Crippen LogP contribution in [-0.2, 0) is 14.8 Å². The highest BCUT2D eigenvalue weighted by atomic mass is 32.2. The summed E-state index contributed by atoms with van der Waals surface area (Å²) in [6.45, 7) is 7.45. The number of aromatic nitrogens is 3. The van der Waals surface area contributed by atoms with Gasteiger partial charge in [-0.15, -0.1) is 0 Å². The van der Waals surface area contributed by atoms with Crippen molar-refractivity contribution in [3.05, 3.63) is 70.7 Å². The number of nitro groups is 1. The van der Waals surface area contributed by atoms with E-state index in [1.54, 1.807) is 31.3 Å². The number of carbonyl (C=O) groups is 1. The largest absolute Gasteiger partial charge is 0.455 e. The highest BCUT2D eigenvalue weighted by molar-refractivity contribution is 7.90. The molecule has 1 amide bonds. The fraction of sp³-hybridized carbons (Fsp3) is 0.513. The van der Waals surface area contributed by atoms with Crippen LogP contribution >= 0.6 is 0 Å². The van der Waals surface area contributed by atoms with Gasteiger partial charge in [0.2, 0.25) is 5.82 Å². The third-order valence-electron chi connectivity index (χ3n) is 12.2. The Kier molecular flexibility index (Phi) is 10.4. The first-order valence-electron chi connectivity index (χ1n) is 19.4. The first kappa shape index (κ1) is 38.1. The number of hydrogen-bond acceptors (Lipinski definition) is 13. The van der Waals surface area contributed by atoms with E-state index < -0.39 is 37.0 Å². The number of ether oxygens (including phenoxy) is 2. The van der Waals surface area contributed by atoms with Gasteiger partial charge < -0.3 is 29.8 Å². The minimum Gasteiger partial charge on any atom is -0.455 e. The first-order valence-corrected chi connectivity index (χ1v) is 20.8. The predicted octanol–water partition coefficient (Wildman–Crippen LogP) is 5.21. The zero-order valence-corrected chi connectivity index (χ0v) is 32.2. The summed E-state index contributed by atoms with van der Waals surface area (Å²) < 4.78 is 41.0. The van der Waals surface area contributed by atoms with Crippen LogP contribution in [0.15, 0.2) is 59.9 Å². The molecular weight excluding hydrogens is 741 g/mol. The van der Waals surface area contributed by atoms with E-state index in [1.807, 2.05) is 6.07 Å². The van der Waals surface area contributed by atoms with Crippen molar-refractivity contribution in [2.45, 2.75) is 74.8 Å². The lowest BCUT2D eigenvalue weighted by molar-refractivity contribution is -0.384. The van der Waals surface area contributed by atoms with Crippen LogP contribution in [-0.4, -0.2) is 102 Å². The van der Waals surface area contributed by atoms with Crippen molar-refractivity contribution >= 4 is 44.2 Å². The molecule has 17 heteroatoms. The third kappa shape index (κ3) is 8.17. The number of hydrogen-bond donors (Lipinski definition) is 4. The summed E-state index contributed by atoms with van der Waals surface area (Å²) >= 11 is 0. The lowest BCUT2D eigenvalue weighted by Crippen LogP contribution is -2.57. The number of carbonyl (C=O) groups excluding carboxylic acids is 1. The van der Waals surface area contributed by atoms with Crippen LogP contribution in [0, 0.1) is 21.4 Å². The average Bonchev–Trinajstić information content (AvgIpc) is 3.65. The van der Waals surface area contributed by atoms with Gasteiger partial charge in [-0.25, -0.2) is 23.1 Å². The molecule has 4 fully saturated rings. The summed E-state index contributed by atoms with van der Waals surface area (Å²) in [6.07, 6.45) is 11.5. The van der Waals surface area contributed by atoms with E-state index in [1.165, 1.54) is 25.1 Å². The number of nitrogens with zero attached hydrogens (tertiary/aromatic N) is 5. The molecule has 1 aromatic carbocycles. The third-order valence-corrected chi connectivity index (χ3v) is 13.5. The zero-order valence-electron chi connectivity index (χ0n) is 31.4. The number of benzene rings is 1. The number of nitrogens with one attached hydrogen (secondary N) is 3. The van der Waals surface area contributed by atoms with E-state index in [4.69, 9.17) is 9.47 Å². The number of aliphatic hydroxyl groups is 1. The van der Waals surface area contributed by atoms with Crippen molar-refractivity contribution < 1.29 is 32.7 Å². The molecule has 4 aromatic rings. The molecule has 2 aliphatic heterocycles. The Balaban J connectivity index is 0.985. The van der Waals surface area contributed by atoms with E-state index >= 15 is 0 Å². The van der Waals surface area contributed by atoms with Crippen LogP contribution in [0.3, 0.4) is 0 Å². The number of H-pyrrole nitrogens is 1. The number of sulfonamides is 1. The van der Waals surface area contributed by atoms with E-state index in [2.05, 4.69) is 34.8 Å². The molecule has 2 aliphatic carbocycles. The molecule has 0 bridgehead atoms. The van der Waals surface area contributed by atoms with Crippen molar-refractivity contribution in [2.75, 3.05) is 56.2 Å². The summed E-state index contributed by atoms with van der Waals surface area (Å²) in [5.74, 6) is -0.383. The van der Waals surface area contributed by atoms with Crippen molar-refractivity contribution in [3.8, 4) is 11.5 Å². The number of rotatable bonds is 11. The first-order chi connectivity index (χ1) is 26.9.